The van der Waals surface area contributed by atoms with E-state index in [-0.39, 0.29) is 12.5 Å². The third kappa shape index (κ3) is 2.55. The third-order valence-corrected chi connectivity index (χ3v) is 4.46. The van der Waals surface area contributed by atoms with E-state index >= 15 is 0 Å². The highest BCUT2D eigenvalue weighted by molar-refractivity contribution is 7.00. The van der Waals surface area contributed by atoms with Crippen molar-refractivity contribution < 1.29 is 4.79 Å². The second kappa shape index (κ2) is 5.35. The molecule has 1 heterocycles. The summed E-state index contributed by atoms with van der Waals surface area (Å²) in [6.07, 6.45) is 2.17. The molecule has 0 aliphatic heterocycles. The summed E-state index contributed by atoms with van der Waals surface area (Å²) in [6, 6.07) is 2.01. The number of fused-ring (bicyclic) bond motifs is 1. The van der Waals surface area contributed by atoms with E-state index in [1.807, 2.05) is 7.05 Å². The maximum absolute atomic E-state index is 12.0. The Morgan fingerprint density at radius 2 is 2.10 bits per heavy atom. The van der Waals surface area contributed by atoms with Gasteiger partial charge in [-0.2, -0.15) is 8.75 Å². The zero-order valence-corrected chi connectivity index (χ0v) is 13.0. The second-order valence-electron chi connectivity index (χ2n) is 4.77. The Balaban J connectivity index is 1.80. The maximum Gasteiger partial charge on any atom is 0.241 e. The first-order valence-corrected chi connectivity index (χ1v) is 7.66. The highest BCUT2D eigenvalue weighted by Crippen LogP contribution is 2.35. The topological polar surface area (TPSA) is 58.1 Å². The van der Waals surface area contributed by atoms with Gasteiger partial charge in [0.05, 0.1) is 34.0 Å². The van der Waals surface area contributed by atoms with Gasteiger partial charge in [0.1, 0.15) is 11.0 Å². The van der Waals surface area contributed by atoms with E-state index in [0.29, 0.717) is 32.8 Å². The molecule has 0 bridgehead atoms. The molecule has 106 valence electrons. The predicted octanol–water partition coefficient (Wildman–Crippen LogP) is 3.03. The van der Waals surface area contributed by atoms with E-state index in [0.717, 1.165) is 24.6 Å². The monoisotopic (exact) mass is 330 g/mol. The van der Waals surface area contributed by atoms with E-state index in [2.05, 4.69) is 14.1 Å². The second-order valence-corrected chi connectivity index (χ2v) is 6.11. The van der Waals surface area contributed by atoms with Crippen LogP contribution < -0.4 is 5.32 Å². The molecule has 1 saturated carbocycles. The summed E-state index contributed by atoms with van der Waals surface area (Å²) in [5, 5.41) is 3.96. The maximum atomic E-state index is 12.0. The smallest absolute Gasteiger partial charge is 0.241 e. The van der Waals surface area contributed by atoms with Crippen LogP contribution in [0.2, 0.25) is 10.0 Å². The van der Waals surface area contributed by atoms with Crippen LogP contribution in [0.1, 0.15) is 12.8 Å². The molecule has 1 N–H and O–H groups in total. The number of benzene rings is 1. The van der Waals surface area contributed by atoms with E-state index in [4.69, 9.17) is 23.2 Å². The minimum absolute atomic E-state index is 0.0369. The predicted molar refractivity (Wildman–Crippen MR) is 81.7 cm³/mol. The minimum atomic E-state index is 0.0369. The molecule has 20 heavy (non-hydrogen) atoms. The number of anilines is 1. The van der Waals surface area contributed by atoms with Crippen LogP contribution in [0, 0.1) is 0 Å². The number of amides is 1. The number of nitrogens with one attached hydrogen (secondary N) is 1. The summed E-state index contributed by atoms with van der Waals surface area (Å²) in [7, 11) is 1.82. The molecule has 0 spiro atoms. The first-order chi connectivity index (χ1) is 9.58. The van der Waals surface area contributed by atoms with Crippen LogP contribution in [0.5, 0.6) is 0 Å². The Bertz CT molecular complexity index is 671. The number of rotatable bonds is 4. The van der Waals surface area contributed by atoms with Gasteiger partial charge in [-0.25, -0.2) is 0 Å². The van der Waals surface area contributed by atoms with Crippen LogP contribution in [-0.4, -0.2) is 39.2 Å². The molecule has 1 fully saturated rings. The van der Waals surface area contributed by atoms with E-state index < -0.39 is 0 Å². The van der Waals surface area contributed by atoms with Crippen LogP contribution in [0.25, 0.3) is 11.0 Å². The summed E-state index contributed by atoms with van der Waals surface area (Å²) >= 11 is 13.3. The minimum Gasteiger partial charge on any atom is -0.373 e. The zero-order valence-electron chi connectivity index (χ0n) is 10.7. The zero-order chi connectivity index (χ0) is 14.3. The third-order valence-electron chi connectivity index (χ3n) is 3.35. The molecule has 8 heteroatoms. The van der Waals surface area contributed by atoms with E-state index in [1.165, 1.54) is 0 Å². The molecule has 5 nitrogen and oxygen atoms in total. The highest BCUT2D eigenvalue weighted by atomic mass is 35.5. The van der Waals surface area contributed by atoms with Crippen LogP contribution in [0.3, 0.4) is 0 Å². The first kappa shape index (κ1) is 13.9. The number of likely N-dealkylation sites (N-methyl/N-ethyl adjacent to an activating group) is 1. The number of aromatic nitrogens is 2. The largest absolute Gasteiger partial charge is 0.373 e. The van der Waals surface area contributed by atoms with E-state index in [1.54, 1.807) is 11.0 Å². The van der Waals surface area contributed by atoms with Crippen molar-refractivity contribution in [2.75, 3.05) is 18.9 Å². The fraction of sp³-hybridized carbons (Fsp3) is 0.417. The van der Waals surface area contributed by atoms with Gasteiger partial charge in [0.2, 0.25) is 5.91 Å². The lowest BCUT2D eigenvalue weighted by Gasteiger charge is -2.17. The van der Waals surface area contributed by atoms with Crippen molar-refractivity contribution >= 4 is 57.6 Å². The first-order valence-electron chi connectivity index (χ1n) is 6.17. The molecule has 0 radical (unpaired) electrons. The van der Waals surface area contributed by atoms with Gasteiger partial charge in [-0.1, -0.05) is 23.2 Å². The summed E-state index contributed by atoms with van der Waals surface area (Å²) < 4.78 is 8.31. The molecule has 2 aromatic rings. The van der Waals surface area contributed by atoms with Gasteiger partial charge in [-0.15, -0.1) is 0 Å². The fourth-order valence-corrected chi connectivity index (χ4v) is 3.18. The number of carbonyl (C=O) groups excluding carboxylic acids is 1. The molecule has 0 unspecified atom stereocenters. The van der Waals surface area contributed by atoms with Crippen LogP contribution in [0.15, 0.2) is 6.07 Å². The lowest BCUT2D eigenvalue weighted by Crippen LogP contribution is -2.33. The van der Waals surface area contributed by atoms with Crippen molar-refractivity contribution in [3.63, 3.8) is 0 Å². The van der Waals surface area contributed by atoms with Gasteiger partial charge < -0.3 is 10.2 Å². The Morgan fingerprint density at radius 3 is 2.80 bits per heavy atom. The molecule has 1 aromatic carbocycles. The lowest BCUT2D eigenvalue weighted by molar-refractivity contribution is -0.128. The lowest BCUT2D eigenvalue weighted by atomic mass is 10.2. The van der Waals surface area contributed by atoms with Crippen molar-refractivity contribution in [3.05, 3.63) is 16.1 Å². The standard InChI is InChI=1S/C12H12Cl2N4OS/c1-18(6-2-3-6)9(19)5-15-10-7(13)4-8(14)11-12(10)17-20-16-11/h4,6,15H,2-3,5H2,1H3. The molecule has 3 rings (SSSR count). The SMILES string of the molecule is CN(C(=O)CNc1c(Cl)cc(Cl)c2nsnc12)C1CC1. The van der Waals surface area contributed by atoms with Gasteiger partial charge in [-0.3, -0.25) is 4.79 Å². The average molecular weight is 331 g/mol. The van der Waals surface area contributed by atoms with Gasteiger partial charge in [-0.05, 0) is 18.9 Å². The van der Waals surface area contributed by atoms with Gasteiger partial charge in [0.25, 0.3) is 0 Å². The molecule has 1 amide bonds. The summed E-state index contributed by atoms with van der Waals surface area (Å²) in [6.45, 7) is 0.182. The number of hydrogen-bond donors (Lipinski definition) is 1. The molecule has 0 atom stereocenters. The fourth-order valence-electron chi connectivity index (χ4n) is 2.00. The van der Waals surface area contributed by atoms with Crippen LogP contribution in [0.4, 0.5) is 5.69 Å². The van der Waals surface area contributed by atoms with Gasteiger partial charge >= 0.3 is 0 Å². The van der Waals surface area contributed by atoms with Crippen LogP contribution in [-0.2, 0) is 4.79 Å². The average Bonchev–Trinajstić information content (AvgIpc) is 3.15. The number of carbonyl (C=O) groups is 1. The number of nitrogens with zero attached hydrogens (tertiary/aromatic N) is 3. The quantitative estimate of drug-likeness (QED) is 0.936. The van der Waals surface area contributed by atoms with Crippen LogP contribution >= 0.6 is 34.9 Å². The summed E-state index contributed by atoms with van der Waals surface area (Å²) in [5.41, 5.74) is 1.82. The van der Waals surface area contributed by atoms with Crippen molar-refractivity contribution in [1.82, 2.24) is 13.6 Å². The molecule has 1 aromatic heterocycles. The van der Waals surface area contributed by atoms with Gasteiger partial charge in [0.15, 0.2) is 0 Å². The van der Waals surface area contributed by atoms with Crippen molar-refractivity contribution in [3.8, 4) is 0 Å². The normalized spacial score (nSPS) is 14.6. The summed E-state index contributed by atoms with van der Waals surface area (Å²) in [5.74, 6) is 0.0369. The van der Waals surface area contributed by atoms with Crippen molar-refractivity contribution in [2.45, 2.75) is 18.9 Å². The molecule has 1 aliphatic rings. The van der Waals surface area contributed by atoms with Crippen molar-refractivity contribution in [1.29, 1.82) is 0 Å². The molecule has 1 aliphatic carbocycles. The molecule has 0 saturated heterocycles. The number of hydrogen-bond acceptors (Lipinski definition) is 5. The number of halogens is 2. The Kier molecular flexibility index (Phi) is 3.70. The summed E-state index contributed by atoms with van der Waals surface area (Å²) in [4.78, 5) is 13.8. The highest BCUT2D eigenvalue weighted by Gasteiger charge is 2.29. The van der Waals surface area contributed by atoms with Gasteiger partial charge in [0, 0.05) is 13.1 Å². The molecular weight excluding hydrogens is 319 g/mol. The van der Waals surface area contributed by atoms with Crippen molar-refractivity contribution in [2.24, 2.45) is 0 Å². The Morgan fingerprint density at radius 1 is 1.40 bits per heavy atom. The molecular formula is C12H12Cl2N4OS. The Labute approximate surface area is 130 Å². The van der Waals surface area contributed by atoms with E-state index in [9.17, 15) is 4.79 Å². The Hall–Kier alpha value is -1.11.